The van der Waals surface area contributed by atoms with Crippen molar-refractivity contribution in [2.75, 3.05) is 32.2 Å². The number of ether oxygens (including phenoxy) is 3. The third-order valence-electron chi connectivity index (χ3n) is 4.00. The van der Waals surface area contributed by atoms with Crippen molar-refractivity contribution in [2.24, 2.45) is 0 Å². The van der Waals surface area contributed by atoms with E-state index < -0.39 is 0 Å². The summed E-state index contributed by atoms with van der Waals surface area (Å²) in [6.07, 6.45) is 7.90. The minimum atomic E-state index is 0.430. The van der Waals surface area contributed by atoms with E-state index in [1.54, 1.807) is 7.11 Å². The van der Waals surface area contributed by atoms with Gasteiger partial charge in [0.2, 0.25) is 0 Å². The maximum Gasteiger partial charge on any atom is 0.163 e. The standard InChI is InChI=1S/C22H23N3O3.C2H6/c1-4-9-27-20-13-18-19(14-21(20)28-11-10-26-3)23-15-24-22(18)25-17-8-6-7-16(5-2)12-17;1-2/h2,6-8,12-15H,4,9-11H2,1,3H3,(H,23,24,25);1-2H3. The molecule has 0 aliphatic rings. The Morgan fingerprint density at radius 1 is 1.00 bits per heavy atom. The van der Waals surface area contributed by atoms with Crippen LogP contribution in [0.3, 0.4) is 0 Å². The lowest BCUT2D eigenvalue weighted by Crippen LogP contribution is -2.07. The molecule has 0 bridgehead atoms. The van der Waals surface area contributed by atoms with E-state index >= 15 is 0 Å². The molecule has 0 aliphatic heterocycles. The number of aromatic nitrogens is 2. The van der Waals surface area contributed by atoms with Crippen LogP contribution >= 0.6 is 0 Å². The first kappa shape index (κ1) is 23.0. The van der Waals surface area contributed by atoms with Crippen LogP contribution < -0.4 is 14.8 Å². The van der Waals surface area contributed by atoms with Gasteiger partial charge in [0, 0.05) is 29.8 Å². The van der Waals surface area contributed by atoms with Crippen molar-refractivity contribution in [1.29, 1.82) is 0 Å². The number of hydrogen-bond acceptors (Lipinski definition) is 6. The number of fused-ring (bicyclic) bond motifs is 1. The van der Waals surface area contributed by atoms with Gasteiger partial charge in [0.15, 0.2) is 11.5 Å². The van der Waals surface area contributed by atoms with Gasteiger partial charge < -0.3 is 19.5 Å². The monoisotopic (exact) mass is 407 g/mol. The van der Waals surface area contributed by atoms with E-state index in [4.69, 9.17) is 20.6 Å². The number of anilines is 2. The molecule has 1 heterocycles. The minimum Gasteiger partial charge on any atom is -0.490 e. The molecule has 0 atom stereocenters. The van der Waals surface area contributed by atoms with E-state index in [1.807, 2.05) is 50.2 Å². The number of benzene rings is 2. The van der Waals surface area contributed by atoms with Crippen molar-refractivity contribution < 1.29 is 14.2 Å². The lowest BCUT2D eigenvalue weighted by Gasteiger charge is -2.15. The molecule has 3 rings (SSSR count). The molecule has 6 heteroatoms. The summed E-state index contributed by atoms with van der Waals surface area (Å²) in [5, 5.41) is 4.15. The Morgan fingerprint density at radius 3 is 2.50 bits per heavy atom. The van der Waals surface area contributed by atoms with Crippen molar-refractivity contribution in [2.45, 2.75) is 27.2 Å². The van der Waals surface area contributed by atoms with Crippen molar-refractivity contribution in [3.05, 3.63) is 48.3 Å². The molecule has 1 N–H and O–H groups in total. The SMILES string of the molecule is C#Cc1cccc(Nc2ncnc3cc(OCCOC)c(OCCC)cc23)c1.CC. The highest BCUT2D eigenvalue weighted by atomic mass is 16.5. The minimum absolute atomic E-state index is 0.430. The average Bonchev–Trinajstić information content (AvgIpc) is 2.79. The predicted molar refractivity (Wildman–Crippen MR) is 122 cm³/mol. The molecule has 30 heavy (non-hydrogen) atoms. The molecule has 0 unspecified atom stereocenters. The number of terminal acetylenes is 1. The molecule has 158 valence electrons. The van der Waals surface area contributed by atoms with Gasteiger partial charge in [0.05, 0.1) is 18.7 Å². The molecule has 1 aromatic heterocycles. The molecular formula is C24H29N3O3. The Morgan fingerprint density at radius 2 is 1.77 bits per heavy atom. The van der Waals surface area contributed by atoms with Crippen LogP contribution in [0.4, 0.5) is 11.5 Å². The Balaban J connectivity index is 0.00000155. The van der Waals surface area contributed by atoms with Gasteiger partial charge in [-0.1, -0.05) is 32.8 Å². The molecule has 0 saturated heterocycles. The summed E-state index contributed by atoms with van der Waals surface area (Å²) < 4.78 is 16.8. The molecule has 0 fully saturated rings. The van der Waals surface area contributed by atoms with Crippen molar-refractivity contribution in [3.63, 3.8) is 0 Å². The first-order valence-electron chi connectivity index (χ1n) is 10.1. The van der Waals surface area contributed by atoms with Crippen LogP contribution in [0.25, 0.3) is 10.9 Å². The average molecular weight is 408 g/mol. The quantitative estimate of drug-likeness (QED) is 0.389. The number of nitrogens with one attached hydrogen (secondary N) is 1. The topological polar surface area (TPSA) is 65.5 Å². The van der Waals surface area contributed by atoms with E-state index in [-0.39, 0.29) is 0 Å². The van der Waals surface area contributed by atoms with Gasteiger partial charge in [-0.15, -0.1) is 6.42 Å². The molecule has 3 aromatic rings. The Kier molecular flexibility index (Phi) is 9.43. The lowest BCUT2D eigenvalue weighted by molar-refractivity contribution is 0.143. The predicted octanol–water partition coefficient (Wildman–Crippen LogP) is 5.19. The highest BCUT2D eigenvalue weighted by Gasteiger charge is 2.13. The molecule has 0 saturated carbocycles. The number of methoxy groups -OCH3 is 1. The maximum atomic E-state index is 5.89. The largest absolute Gasteiger partial charge is 0.490 e. The van der Waals surface area contributed by atoms with E-state index in [9.17, 15) is 0 Å². The third kappa shape index (κ3) is 6.10. The second-order valence-electron chi connectivity index (χ2n) is 6.08. The van der Waals surface area contributed by atoms with Crippen molar-refractivity contribution in [1.82, 2.24) is 9.97 Å². The summed E-state index contributed by atoms with van der Waals surface area (Å²) in [4.78, 5) is 8.77. The highest BCUT2D eigenvalue weighted by molar-refractivity contribution is 5.93. The zero-order chi connectivity index (χ0) is 21.8. The molecule has 6 nitrogen and oxygen atoms in total. The summed E-state index contributed by atoms with van der Waals surface area (Å²) in [5.41, 5.74) is 2.40. The van der Waals surface area contributed by atoms with E-state index in [0.29, 0.717) is 37.1 Å². The maximum absolute atomic E-state index is 5.89. The number of nitrogens with zero attached hydrogens (tertiary/aromatic N) is 2. The van der Waals surface area contributed by atoms with Crippen LogP contribution in [0.5, 0.6) is 11.5 Å². The summed E-state index contributed by atoms with van der Waals surface area (Å²) in [6, 6.07) is 11.4. The van der Waals surface area contributed by atoms with Gasteiger partial charge in [-0.05, 0) is 30.7 Å². The van der Waals surface area contributed by atoms with Gasteiger partial charge in [-0.2, -0.15) is 0 Å². The first-order valence-corrected chi connectivity index (χ1v) is 10.1. The first-order chi connectivity index (χ1) is 14.7. The molecule has 0 amide bonds. The van der Waals surface area contributed by atoms with Crippen molar-refractivity contribution in [3.8, 4) is 23.8 Å². The lowest BCUT2D eigenvalue weighted by atomic mass is 10.2. The highest BCUT2D eigenvalue weighted by Crippen LogP contribution is 2.35. The fraction of sp³-hybridized carbons (Fsp3) is 0.333. The molecule has 0 aliphatic carbocycles. The summed E-state index contributed by atoms with van der Waals surface area (Å²) >= 11 is 0. The summed E-state index contributed by atoms with van der Waals surface area (Å²) in [7, 11) is 1.64. The van der Waals surface area contributed by atoms with Crippen LogP contribution in [0, 0.1) is 12.3 Å². The Hall–Kier alpha value is -3.30. The zero-order valence-corrected chi connectivity index (χ0v) is 18.1. The van der Waals surface area contributed by atoms with Gasteiger partial charge in [0.25, 0.3) is 0 Å². The zero-order valence-electron chi connectivity index (χ0n) is 18.1. The van der Waals surface area contributed by atoms with Gasteiger partial charge in [-0.25, -0.2) is 9.97 Å². The molecule has 0 spiro atoms. The van der Waals surface area contributed by atoms with Crippen molar-refractivity contribution >= 4 is 22.4 Å². The van der Waals surface area contributed by atoms with Crippen LogP contribution in [0.15, 0.2) is 42.7 Å². The van der Waals surface area contributed by atoms with E-state index in [0.717, 1.165) is 28.6 Å². The third-order valence-corrected chi connectivity index (χ3v) is 4.00. The number of hydrogen-bond donors (Lipinski definition) is 1. The fourth-order valence-corrected chi connectivity index (χ4v) is 2.66. The molecular weight excluding hydrogens is 378 g/mol. The normalized spacial score (nSPS) is 9.97. The van der Waals surface area contributed by atoms with Gasteiger partial charge in [-0.3, -0.25) is 0 Å². The number of rotatable bonds is 9. The second kappa shape index (κ2) is 12.3. The molecule has 0 radical (unpaired) electrons. The summed E-state index contributed by atoms with van der Waals surface area (Å²) in [5.74, 6) is 4.59. The smallest absolute Gasteiger partial charge is 0.163 e. The fourth-order valence-electron chi connectivity index (χ4n) is 2.66. The van der Waals surface area contributed by atoms with Crippen LogP contribution in [0.2, 0.25) is 0 Å². The van der Waals surface area contributed by atoms with E-state index in [1.165, 1.54) is 6.33 Å². The van der Waals surface area contributed by atoms with E-state index in [2.05, 4.69) is 28.1 Å². The molecule has 2 aromatic carbocycles. The Bertz CT molecular complexity index is 983. The summed E-state index contributed by atoms with van der Waals surface area (Å²) in [6.45, 7) is 7.57. The van der Waals surface area contributed by atoms with Crippen LogP contribution in [-0.2, 0) is 4.74 Å². The van der Waals surface area contributed by atoms with Gasteiger partial charge in [0.1, 0.15) is 18.8 Å². The van der Waals surface area contributed by atoms with Crippen LogP contribution in [-0.4, -0.2) is 36.9 Å². The van der Waals surface area contributed by atoms with Crippen LogP contribution in [0.1, 0.15) is 32.8 Å². The Labute approximate surface area is 178 Å². The second-order valence-corrected chi connectivity index (χ2v) is 6.08. The van der Waals surface area contributed by atoms with Gasteiger partial charge >= 0.3 is 0 Å².